The lowest BCUT2D eigenvalue weighted by Gasteiger charge is -2.33. The average Bonchev–Trinajstić information content (AvgIpc) is 2.80. The van der Waals surface area contributed by atoms with E-state index >= 15 is 0 Å². The number of amides is 1. The smallest absolute Gasteiger partial charge is 0.227 e. The number of carbonyl (C=O) groups is 1. The van der Waals surface area contributed by atoms with E-state index in [9.17, 15) is 13.6 Å². The maximum absolute atomic E-state index is 14.6. The van der Waals surface area contributed by atoms with E-state index in [4.69, 9.17) is 4.98 Å². The van der Waals surface area contributed by atoms with Crippen LogP contribution in [0.25, 0.3) is 11.1 Å². The van der Waals surface area contributed by atoms with E-state index in [2.05, 4.69) is 4.98 Å². The van der Waals surface area contributed by atoms with E-state index < -0.39 is 0 Å². The summed E-state index contributed by atoms with van der Waals surface area (Å²) in [5, 5.41) is 0. The van der Waals surface area contributed by atoms with Gasteiger partial charge in [-0.2, -0.15) is 0 Å². The number of likely N-dealkylation sites (tertiary alicyclic amines) is 1. The second-order valence-electron chi connectivity index (χ2n) is 8.33. The van der Waals surface area contributed by atoms with Crippen LogP contribution in [0.3, 0.4) is 0 Å². The lowest BCUT2D eigenvalue weighted by atomic mass is 9.89. The van der Waals surface area contributed by atoms with Crippen molar-refractivity contribution >= 4 is 11.9 Å². The van der Waals surface area contributed by atoms with Crippen LogP contribution in [0, 0.1) is 11.6 Å². The molecular formula is C25H26F2N4O. The van der Waals surface area contributed by atoms with Crippen molar-refractivity contribution in [3.8, 4) is 11.1 Å². The van der Waals surface area contributed by atoms with Gasteiger partial charge in [-0.3, -0.25) is 4.79 Å². The van der Waals surface area contributed by atoms with Crippen molar-refractivity contribution < 1.29 is 13.6 Å². The third-order valence-electron chi connectivity index (χ3n) is 5.80. The van der Waals surface area contributed by atoms with E-state index in [1.54, 1.807) is 36.5 Å². The Bertz CT molecular complexity index is 1100. The number of anilines is 1. The summed E-state index contributed by atoms with van der Waals surface area (Å²) in [6.07, 6.45) is 3.58. The number of rotatable bonds is 5. The molecule has 1 aliphatic rings. The summed E-state index contributed by atoms with van der Waals surface area (Å²) in [5.74, 6) is -0.127. The molecule has 7 heteroatoms. The molecule has 2 aromatic carbocycles. The second kappa shape index (κ2) is 9.42. The van der Waals surface area contributed by atoms with Gasteiger partial charge in [-0.25, -0.2) is 18.7 Å². The lowest BCUT2D eigenvalue weighted by molar-refractivity contribution is -0.131. The molecule has 0 aliphatic carbocycles. The number of piperidine rings is 1. The van der Waals surface area contributed by atoms with Gasteiger partial charge in [-0.05, 0) is 36.6 Å². The number of nitrogens with zero attached hydrogens (tertiary/aromatic N) is 4. The number of carbonyl (C=O) groups excluding carboxylic acids is 1. The van der Waals surface area contributed by atoms with Crippen LogP contribution < -0.4 is 4.90 Å². The van der Waals surface area contributed by atoms with Crippen LogP contribution in [0.2, 0.25) is 0 Å². The Morgan fingerprint density at radius 2 is 1.84 bits per heavy atom. The molecule has 1 atom stereocenters. The SMILES string of the molecule is CN(C)c1ncc(-c2ccccc2F)c([C@@H]2CCCN(C(=O)Cc3ccc(F)cc3)C2)n1. The number of hydrogen-bond acceptors (Lipinski definition) is 4. The zero-order valence-electron chi connectivity index (χ0n) is 18.3. The van der Waals surface area contributed by atoms with Crippen LogP contribution in [-0.4, -0.2) is 48.0 Å². The minimum atomic E-state index is -0.324. The maximum Gasteiger partial charge on any atom is 0.227 e. The number of aromatic nitrogens is 2. The molecule has 1 aliphatic heterocycles. The first-order valence-corrected chi connectivity index (χ1v) is 10.7. The van der Waals surface area contributed by atoms with Gasteiger partial charge in [-0.15, -0.1) is 0 Å². The average molecular weight is 437 g/mol. The first kappa shape index (κ1) is 21.9. The first-order chi connectivity index (χ1) is 15.4. The van der Waals surface area contributed by atoms with Crippen LogP contribution in [0.5, 0.6) is 0 Å². The van der Waals surface area contributed by atoms with Crippen molar-refractivity contribution in [1.29, 1.82) is 0 Å². The summed E-state index contributed by atoms with van der Waals surface area (Å²) in [7, 11) is 3.72. The number of benzene rings is 2. The third-order valence-corrected chi connectivity index (χ3v) is 5.80. The van der Waals surface area contributed by atoms with Gasteiger partial charge in [0.05, 0.1) is 12.1 Å². The molecule has 4 rings (SSSR count). The van der Waals surface area contributed by atoms with Crippen LogP contribution in [-0.2, 0) is 11.2 Å². The monoisotopic (exact) mass is 436 g/mol. The zero-order valence-corrected chi connectivity index (χ0v) is 18.3. The predicted molar refractivity (Wildman–Crippen MR) is 120 cm³/mol. The Morgan fingerprint density at radius 3 is 2.56 bits per heavy atom. The standard InChI is InChI=1S/C25H26F2N4O/c1-30(2)25-28-15-21(20-7-3-4-8-22(20)27)24(29-25)18-6-5-13-31(16-18)23(32)14-17-9-11-19(26)12-10-17/h3-4,7-12,15,18H,5-6,13-14,16H2,1-2H3/t18-/m1/s1. The molecule has 32 heavy (non-hydrogen) atoms. The minimum Gasteiger partial charge on any atom is -0.347 e. The van der Waals surface area contributed by atoms with Gasteiger partial charge in [0.15, 0.2) is 0 Å². The van der Waals surface area contributed by atoms with Crippen LogP contribution in [0.15, 0.2) is 54.7 Å². The van der Waals surface area contributed by atoms with Gasteiger partial charge < -0.3 is 9.80 Å². The highest BCUT2D eigenvalue weighted by Gasteiger charge is 2.29. The van der Waals surface area contributed by atoms with Crippen molar-refractivity contribution in [2.75, 3.05) is 32.1 Å². The highest BCUT2D eigenvalue weighted by Crippen LogP contribution is 2.35. The topological polar surface area (TPSA) is 49.3 Å². The minimum absolute atomic E-state index is 0.00404. The van der Waals surface area contributed by atoms with E-state index in [-0.39, 0.29) is 29.9 Å². The molecule has 166 valence electrons. The van der Waals surface area contributed by atoms with E-state index in [0.717, 1.165) is 24.1 Å². The second-order valence-corrected chi connectivity index (χ2v) is 8.33. The highest BCUT2D eigenvalue weighted by atomic mass is 19.1. The third kappa shape index (κ3) is 4.77. The van der Waals surface area contributed by atoms with E-state index in [1.807, 2.05) is 23.9 Å². The molecule has 0 spiro atoms. The fraction of sp³-hybridized carbons (Fsp3) is 0.320. The Kier molecular flexibility index (Phi) is 6.44. The van der Waals surface area contributed by atoms with Crippen molar-refractivity contribution in [2.45, 2.75) is 25.2 Å². The van der Waals surface area contributed by atoms with Gasteiger partial charge in [0.25, 0.3) is 0 Å². The van der Waals surface area contributed by atoms with Crippen LogP contribution in [0.1, 0.15) is 30.0 Å². The quantitative estimate of drug-likeness (QED) is 0.594. The van der Waals surface area contributed by atoms with Crippen molar-refractivity contribution in [1.82, 2.24) is 14.9 Å². The summed E-state index contributed by atoms with van der Waals surface area (Å²) >= 11 is 0. The summed E-state index contributed by atoms with van der Waals surface area (Å²) in [6, 6.07) is 12.6. The number of hydrogen-bond donors (Lipinski definition) is 0. The molecule has 0 radical (unpaired) electrons. The van der Waals surface area contributed by atoms with E-state index in [1.165, 1.54) is 18.2 Å². The van der Waals surface area contributed by atoms with Crippen LogP contribution in [0.4, 0.5) is 14.7 Å². The Hall–Kier alpha value is -3.35. The first-order valence-electron chi connectivity index (χ1n) is 10.7. The fourth-order valence-corrected chi connectivity index (χ4v) is 4.11. The predicted octanol–water partition coefficient (Wildman–Crippen LogP) is 4.44. The van der Waals surface area contributed by atoms with Gasteiger partial charge in [-0.1, -0.05) is 30.3 Å². The lowest BCUT2D eigenvalue weighted by Crippen LogP contribution is -2.40. The molecule has 0 N–H and O–H groups in total. The molecule has 1 amide bonds. The molecule has 1 fully saturated rings. The largest absolute Gasteiger partial charge is 0.347 e. The number of halogens is 2. The molecule has 1 aromatic heterocycles. The maximum atomic E-state index is 14.6. The Morgan fingerprint density at radius 1 is 1.09 bits per heavy atom. The molecule has 5 nitrogen and oxygen atoms in total. The molecular weight excluding hydrogens is 410 g/mol. The molecule has 1 saturated heterocycles. The Balaban J connectivity index is 1.62. The molecule has 0 bridgehead atoms. The van der Waals surface area contributed by atoms with Crippen molar-refractivity contribution in [2.24, 2.45) is 0 Å². The van der Waals surface area contributed by atoms with Gasteiger partial charge >= 0.3 is 0 Å². The summed E-state index contributed by atoms with van der Waals surface area (Å²) in [6.45, 7) is 1.17. The summed E-state index contributed by atoms with van der Waals surface area (Å²) in [5.41, 5.74) is 2.66. The summed E-state index contributed by atoms with van der Waals surface area (Å²) < 4.78 is 27.8. The van der Waals surface area contributed by atoms with Gasteiger partial charge in [0, 0.05) is 50.4 Å². The zero-order chi connectivity index (χ0) is 22.7. The van der Waals surface area contributed by atoms with Gasteiger partial charge in [0.1, 0.15) is 11.6 Å². The van der Waals surface area contributed by atoms with Crippen molar-refractivity contribution in [3.63, 3.8) is 0 Å². The Labute approximate surface area is 186 Å². The molecule has 0 saturated carbocycles. The molecule has 0 unspecified atom stereocenters. The fourth-order valence-electron chi connectivity index (χ4n) is 4.11. The highest BCUT2D eigenvalue weighted by molar-refractivity contribution is 5.79. The van der Waals surface area contributed by atoms with E-state index in [0.29, 0.717) is 30.2 Å². The molecule has 3 aromatic rings. The van der Waals surface area contributed by atoms with Crippen LogP contribution >= 0.6 is 0 Å². The summed E-state index contributed by atoms with van der Waals surface area (Å²) in [4.78, 5) is 25.8. The van der Waals surface area contributed by atoms with Gasteiger partial charge in [0.2, 0.25) is 11.9 Å². The normalized spacial score (nSPS) is 16.1. The molecule has 2 heterocycles. The van der Waals surface area contributed by atoms with Crippen molar-refractivity contribution in [3.05, 3.63) is 77.6 Å².